The molecule has 92 valence electrons. The molecule has 1 aliphatic rings. The minimum Gasteiger partial charge on any atom is -0.348 e. The SMILES string of the molecule is CC(=O)c1ccc(C(=O)N2CCC(C)CC2)[nH]1. The second-order valence-corrected chi connectivity index (χ2v) is 4.82. The number of likely N-dealkylation sites (tertiary alicyclic amines) is 1. The molecule has 0 aliphatic carbocycles. The number of aromatic amines is 1. The van der Waals surface area contributed by atoms with E-state index in [0.29, 0.717) is 17.3 Å². The summed E-state index contributed by atoms with van der Waals surface area (Å²) in [5.41, 5.74) is 1.02. The van der Waals surface area contributed by atoms with Gasteiger partial charge in [-0.3, -0.25) is 9.59 Å². The van der Waals surface area contributed by atoms with E-state index in [-0.39, 0.29) is 11.7 Å². The topological polar surface area (TPSA) is 53.2 Å². The Morgan fingerprint density at radius 2 is 1.82 bits per heavy atom. The van der Waals surface area contributed by atoms with E-state index in [0.717, 1.165) is 25.9 Å². The van der Waals surface area contributed by atoms with Gasteiger partial charge in [-0.15, -0.1) is 0 Å². The van der Waals surface area contributed by atoms with Crippen LogP contribution in [0.5, 0.6) is 0 Å². The van der Waals surface area contributed by atoms with Crippen LogP contribution in [0, 0.1) is 5.92 Å². The van der Waals surface area contributed by atoms with Gasteiger partial charge in [-0.2, -0.15) is 0 Å². The summed E-state index contributed by atoms with van der Waals surface area (Å²) in [7, 11) is 0. The molecule has 1 aliphatic heterocycles. The standard InChI is InChI=1S/C13H18N2O2/c1-9-5-7-15(8-6-9)13(17)12-4-3-11(14-12)10(2)16/h3-4,9,14H,5-8H2,1-2H3. The van der Waals surface area contributed by atoms with Crippen LogP contribution in [0.4, 0.5) is 0 Å². The number of rotatable bonds is 2. The molecule has 1 amide bonds. The van der Waals surface area contributed by atoms with Crippen molar-refractivity contribution in [2.24, 2.45) is 5.92 Å². The fraction of sp³-hybridized carbons (Fsp3) is 0.538. The van der Waals surface area contributed by atoms with Crippen molar-refractivity contribution in [3.8, 4) is 0 Å². The number of carbonyl (C=O) groups is 2. The average Bonchev–Trinajstić information content (AvgIpc) is 2.78. The molecule has 0 unspecified atom stereocenters. The summed E-state index contributed by atoms with van der Waals surface area (Å²) in [6.45, 7) is 5.33. The zero-order chi connectivity index (χ0) is 12.4. The van der Waals surface area contributed by atoms with Crippen molar-refractivity contribution >= 4 is 11.7 Å². The van der Waals surface area contributed by atoms with E-state index >= 15 is 0 Å². The molecular formula is C13H18N2O2. The fourth-order valence-electron chi connectivity index (χ4n) is 2.11. The van der Waals surface area contributed by atoms with E-state index in [1.54, 1.807) is 12.1 Å². The van der Waals surface area contributed by atoms with Gasteiger partial charge in [-0.05, 0) is 30.9 Å². The highest BCUT2D eigenvalue weighted by Crippen LogP contribution is 2.18. The molecule has 2 heterocycles. The van der Waals surface area contributed by atoms with Gasteiger partial charge in [0.05, 0.1) is 5.69 Å². The van der Waals surface area contributed by atoms with Crippen molar-refractivity contribution in [3.63, 3.8) is 0 Å². The number of carbonyl (C=O) groups excluding carboxylic acids is 2. The summed E-state index contributed by atoms with van der Waals surface area (Å²) in [4.78, 5) is 28.0. The maximum absolute atomic E-state index is 12.1. The molecule has 1 saturated heterocycles. The van der Waals surface area contributed by atoms with Gasteiger partial charge in [0.2, 0.25) is 0 Å². The van der Waals surface area contributed by atoms with Crippen LogP contribution < -0.4 is 0 Å². The molecular weight excluding hydrogens is 216 g/mol. The lowest BCUT2D eigenvalue weighted by Gasteiger charge is -2.29. The summed E-state index contributed by atoms with van der Waals surface area (Å²) >= 11 is 0. The number of ketones is 1. The summed E-state index contributed by atoms with van der Waals surface area (Å²) in [5, 5.41) is 0. The molecule has 0 bridgehead atoms. The first kappa shape index (κ1) is 11.9. The summed E-state index contributed by atoms with van der Waals surface area (Å²) in [6.07, 6.45) is 2.12. The van der Waals surface area contributed by atoms with Gasteiger partial charge < -0.3 is 9.88 Å². The van der Waals surface area contributed by atoms with Crippen LogP contribution in [-0.2, 0) is 0 Å². The quantitative estimate of drug-likeness (QED) is 0.797. The van der Waals surface area contributed by atoms with Crippen LogP contribution in [0.1, 0.15) is 47.7 Å². The smallest absolute Gasteiger partial charge is 0.270 e. The monoisotopic (exact) mass is 234 g/mol. The Bertz CT molecular complexity index is 428. The van der Waals surface area contributed by atoms with Gasteiger partial charge in [0.25, 0.3) is 5.91 Å². The number of piperidine rings is 1. The van der Waals surface area contributed by atoms with Crippen LogP contribution in [-0.4, -0.2) is 34.7 Å². The number of amides is 1. The average molecular weight is 234 g/mol. The number of H-pyrrole nitrogens is 1. The maximum Gasteiger partial charge on any atom is 0.270 e. The van der Waals surface area contributed by atoms with Gasteiger partial charge >= 0.3 is 0 Å². The first-order valence-electron chi connectivity index (χ1n) is 6.07. The van der Waals surface area contributed by atoms with Crippen LogP contribution in [0.2, 0.25) is 0 Å². The van der Waals surface area contributed by atoms with Gasteiger partial charge in [0.15, 0.2) is 5.78 Å². The Labute approximate surface area is 101 Å². The van der Waals surface area contributed by atoms with Crippen LogP contribution in [0.3, 0.4) is 0 Å². The van der Waals surface area contributed by atoms with Crippen LogP contribution in [0.15, 0.2) is 12.1 Å². The number of Topliss-reactive ketones (excluding diaryl/α,β-unsaturated/α-hetero) is 1. The van der Waals surface area contributed by atoms with Gasteiger partial charge in [0.1, 0.15) is 5.69 Å². The number of nitrogens with zero attached hydrogens (tertiary/aromatic N) is 1. The number of aromatic nitrogens is 1. The van der Waals surface area contributed by atoms with Crippen molar-refractivity contribution in [1.29, 1.82) is 0 Å². The second-order valence-electron chi connectivity index (χ2n) is 4.82. The van der Waals surface area contributed by atoms with Gasteiger partial charge in [-0.25, -0.2) is 0 Å². The molecule has 0 aromatic carbocycles. The molecule has 1 N–H and O–H groups in total. The third-order valence-electron chi connectivity index (χ3n) is 3.37. The molecule has 0 spiro atoms. The van der Waals surface area contributed by atoms with Crippen molar-refractivity contribution in [2.45, 2.75) is 26.7 Å². The summed E-state index contributed by atoms with van der Waals surface area (Å²) in [6, 6.07) is 3.36. The third-order valence-corrected chi connectivity index (χ3v) is 3.37. The van der Waals surface area contributed by atoms with Crippen molar-refractivity contribution in [1.82, 2.24) is 9.88 Å². The molecule has 1 aromatic heterocycles. The Kier molecular flexibility index (Phi) is 3.31. The Hall–Kier alpha value is -1.58. The van der Waals surface area contributed by atoms with E-state index < -0.39 is 0 Å². The van der Waals surface area contributed by atoms with Crippen molar-refractivity contribution in [3.05, 3.63) is 23.5 Å². The number of hydrogen-bond acceptors (Lipinski definition) is 2. The molecule has 0 radical (unpaired) electrons. The number of hydrogen-bond donors (Lipinski definition) is 1. The summed E-state index contributed by atoms with van der Waals surface area (Å²) in [5.74, 6) is 0.663. The normalized spacial score (nSPS) is 17.2. The first-order chi connectivity index (χ1) is 8.08. The van der Waals surface area contributed by atoms with E-state index in [1.165, 1.54) is 6.92 Å². The minimum atomic E-state index is -0.0451. The first-order valence-corrected chi connectivity index (χ1v) is 6.07. The maximum atomic E-state index is 12.1. The molecule has 4 nitrogen and oxygen atoms in total. The predicted octanol–water partition coefficient (Wildman–Crippen LogP) is 2.09. The third kappa shape index (κ3) is 2.57. The van der Waals surface area contributed by atoms with E-state index in [1.807, 2.05) is 4.90 Å². The largest absolute Gasteiger partial charge is 0.348 e. The molecule has 1 aromatic rings. The van der Waals surface area contributed by atoms with E-state index in [4.69, 9.17) is 0 Å². The zero-order valence-electron chi connectivity index (χ0n) is 10.3. The minimum absolute atomic E-state index is 0.00407. The molecule has 0 saturated carbocycles. The lowest BCUT2D eigenvalue weighted by molar-refractivity contribution is 0.0692. The lowest BCUT2D eigenvalue weighted by Crippen LogP contribution is -2.38. The fourth-order valence-corrected chi connectivity index (χ4v) is 2.11. The van der Waals surface area contributed by atoms with Crippen LogP contribution in [0.25, 0.3) is 0 Å². The van der Waals surface area contributed by atoms with Crippen molar-refractivity contribution in [2.75, 3.05) is 13.1 Å². The van der Waals surface area contributed by atoms with Crippen LogP contribution >= 0.6 is 0 Å². The molecule has 1 fully saturated rings. The van der Waals surface area contributed by atoms with E-state index in [9.17, 15) is 9.59 Å². The zero-order valence-corrected chi connectivity index (χ0v) is 10.3. The van der Waals surface area contributed by atoms with Gasteiger partial charge in [-0.1, -0.05) is 6.92 Å². The molecule has 0 atom stereocenters. The molecule has 4 heteroatoms. The van der Waals surface area contributed by atoms with Crippen molar-refractivity contribution < 1.29 is 9.59 Å². The highest BCUT2D eigenvalue weighted by atomic mass is 16.2. The molecule has 17 heavy (non-hydrogen) atoms. The second kappa shape index (κ2) is 4.73. The highest BCUT2D eigenvalue weighted by molar-refractivity contribution is 5.97. The predicted molar refractivity (Wildman–Crippen MR) is 65.1 cm³/mol. The Morgan fingerprint density at radius 1 is 1.24 bits per heavy atom. The number of nitrogens with one attached hydrogen (secondary N) is 1. The van der Waals surface area contributed by atoms with Gasteiger partial charge in [0, 0.05) is 20.0 Å². The van der Waals surface area contributed by atoms with E-state index in [2.05, 4.69) is 11.9 Å². The molecule has 2 rings (SSSR count). The lowest BCUT2D eigenvalue weighted by atomic mass is 9.99. The summed E-state index contributed by atoms with van der Waals surface area (Å²) < 4.78 is 0. The highest BCUT2D eigenvalue weighted by Gasteiger charge is 2.22. The Morgan fingerprint density at radius 3 is 2.35 bits per heavy atom. The Balaban J connectivity index is 2.06.